The van der Waals surface area contributed by atoms with Gasteiger partial charge in [-0.05, 0) is 18.2 Å². The number of anilines is 1. The molecule has 0 bridgehead atoms. The van der Waals surface area contributed by atoms with Gasteiger partial charge in [0.2, 0.25) is 10.0 Å². The van der Waals surface area contributed by atoms with E-state index in [1.165, 1.54) is 20.2 Å². The van der Waals surface area contributed by atoms with Crippen molar-refractivity contribution in [2.75, 3.05) is 24.7 Å². The third-order valence-electron chi connectivity index (χ3n) is 2.20. The molecule has 6 heteroatoms. The summed E-state index contributed by atoms with van der Waals surface area (Å²) in [5.41, 5.74) is 0.737. The van der Waals surface area contributed by atoms with Gasteiger partial charge < -0.3 is 4.74 Å². The van der Waals surface area contributed by atoms with Crippen LogP contribution in [0.4, 0.5) is 5.69 Å². The molecule has 5 nitrogen and oxygen atoms in total. The van der Waals surface area contributed by atoms with Crippen LogP contribution in [-0.4, -0.2) is 35.1 Å². The quantitative estimate of drug-likeness (QED) is 0.737. The lowest BCUT2D eigenvalue weighted by molar-refractivity contribution is 0.112. The first kappa shape index (κ1) is 12.5. The Kier molecular flexibility index (Phi) is 3.54. The summed E-state index contributed by atoms with van der Waals surface area (Å²) in [6, 6.07) is 4.60. The molecular weight excluding hydrogens is 230 g/mol. The van der Waals surface area contributed by atoms with Crippen molar-refractivity contribution in [2.45, 2.75) is 0 Å². The van der Waals surface area contributed by atoms with E-state index in [2.05, 4.69) is 0 Å². The number of aldehydes is 1. The molecule has 0 aliphatic carbocycles. The van der Waals surface area contributed by atoms with Gasteiger partial charge in [0, 0.05) is 7.05 Å². The molecule has 0 amide bonds. The van der Waals surface area contributed by atoms with Crippen LogP contribution in [0.5, 0.6) is 5.75 Å². The van der Waals surface area contributed by atoms with E-state index in [0.29, 0.717) is 23.3 Å². The van der Waals surface area contributed by atoms with Gasteiger partial charge >= 0.3 is 0 Å². The number of sulfonamides is 1. The molecule has 88 valence electrons. The lowest BCUT2D eigenvalue weighted by atomic mass is 10.2. The Balaban J connectivity index is 3.23. The van der Waals surface area contributed by atoms with Crippen molar-refractivity contribution in [1.82, 2.24) is 0 Å². The number of carbonyl (C=O) groups excluding carboxylic acids is 1. The van der Waals surface area contributed by atoms with Crippen LogP contribution in [0.2, 0.25) is 0 Å². The highest BCUT2D eigenvalue weighted by Crippen LogP contribution is 2.24. The number of benzene rings is 1. The Morgan fingerprint density at radius 1 is 1.38 bits per heavy atom. The van der Waals surface area contributed by atoms with Gasteiger partial charge in [-0.15, -0.1) is 0 Å². The first-order chi connectivity index (χ1) is 7.40. The fourth-order valence-electron chi connectivity index (χ4n) is 1.20. The SMILES string of the molecule is COc1ccc(N(C)S(C)(=O)=O)cc1C=O. The van der Waals surface area contributed by atoms with Crippen LogP contribution < -0.4 is 9.04 Å². The molecule has 0 aliphatic heterocycles. The second-order valence-electron chi connectivity index (χ2n) is 3.27. The van der Waals surface area contributed by atoms with E-state index in [0.717, 1.165) is 10.6 Å². The summed E-state index contributed by atoms with van der Waals surface area (Å²) in [7, 11) is -0.455. The Morgan fingerprint density at radius 2 is 2.00 bits per heavy atom. The Bertz CT molecular complexity index is 496. The monoisotopic (exact) mass is 243 g/mol. The van der Waals surface area contributed by atoms with E-state index in [4.69, 9.17) is 4.74 Å². The van der Waals surface area contributed by atoms with Crippen molar-refractivity contribution in [3.8, 4) is 5.75 Å². The lowest BCUT2D eigenvalue weighted by Gasteiger charge is -2.17. The van der Waals surface area contributed by atoms with Gasteiger partial charge in [0.25, 0.3) is 0 Å². The fourth-order valence-corrected chi connectivity index (χ4v) is 1.70. The maximum absolute atomic E-state index is 11.3. The summed E-state index contributed by atoms with van der Waals surface area (Å²) in [6.07, 6.45) is 1.72. The van der Waals surface area contributed by atoms with Gasteiger partial charge in [-0.25, -0.2) is 8.42 Å². The fraction of sp³-hybridized carbons (Fsp3) is 0.300. The summed E-state index contributed by atoms with van der Waals surface area (Å²) >= 11 is 0. The third kappa shape index (κ3) is 2.52. The van der Waals surface area contributed by atoms with E-state index in [1.807, 2.05) is 0 Å². The Morgan fingerprint density at radius 3 is 2.44 bits per heavy atom. The van der Waals surface area contributed by atoms with Crippen LogP contribution in [0.15, 0.2) is 18.2 Å². The minimum Gasteiger partial charge on any atom is -0.496 e. The van der Waals surface area contributed by atoms with E-state index in [9.17, 15) is 13.2 Å². The lowest BCUT2D eigenvalue weighted by Crippen LogP contribution is -2.24. The minimum absolute atomic E-state index is 0.315. The maximum atomic E-state index is 11.3. The molecule has 0 fully saturated rings. The molecule has 0 atom stereocenters. The predicted octanol–water partition coefficient (Wildman–Crippen LogP) is 0.903. The number of rotatable bonds is 4. The summed E-state index contributed by atoms with van der Waals surface area (Å²) in [4.78, 5) is 10.8. The zero-order valence-corrected chi connectivity index (χ0v) is 10.1. The van der Waals surface area contributed by atoms with Crippen LogP contribution in [0.1, 0.15) is 10.4 Å². The van der Waals surface area contributed by atoms with E-state index < -0.39 is 10.0 Å². The average molecular weight is 243 g/mol. The van der Waals surface area contributed by atoms with Crippen LogP contribution in [0, 0.1) is 0 Å². The molecule has 1 aromatic carbocycles. The number of ether oxygens (including phenoxy) is 1. The summed E-state index contributed by atoms with van der Waals surface area (Å²) in [5.74, 6) is 0.417. The maximum Gasteiger partial charge on any atom is 0.231 e. The van der Waals surface area contributed by atoms with Gasteiger partial charge in [-0.3, -0.25) is 9.10 Å². The molecule has 1 aromatic rings. The first-order valence-electron chi connectivity index (χ1n) is 4.47. The second-order valence-corrected chi connectivity index (χ2v) is 5.29. The number of carbonyl (C=O) groups is 1. The first-order valence-corrected chi connectivity index (χ1v) is 6.32. The molecular formula is C10H13NO4S. The molecule has 0 N–H and O–H groups in total. The molecule has 16 heavy (non-hydrogen) atoms. The van der Waals surface area contributed by atoms with Gasteiger partial charge in [-0.1, -0.05) is 0 Å². The normalized spacial score (nSPS) is 10.9. The summed E-state index contributed by atoms with van der Waals surface area (Å²) < 4.78 is 28.6. The number of methoxy groups -OCH3 is 1. The van der Waals surface area contributed by atoms with Gasteiger partial charge in [0.15, 0.2) is 6.29 Å². The van der Waals surface area contributed by atoms with Crippen molar-refractivity contribution in [3.05, 3.63) is 23.8 Å². The number of nitrogens with zero attached hydrogens (tertiary/aromatic N) is 1. The van der Waals surface area contributed by atoms with Crippen molar-refractivity contribution in [2.24, 2.45) is 0 Å². The molecule has 0 heterocycles. The van der Waals surface area contributed by atoms with Crippen molar-refractivity contribution < 1.29 is 17.9 Å². The van der Waals surface area contributed by atoms with Gasteiger partial charge in [0.1, 0.15) is 5.75 Å². The molecule has 0 saturated heterocycles. The van der Waals surface area contributed by atoms with Crippen LogP contribution in [0.3, 0.4) is 0 Å². The average Bonchev–Trinajstić information content (AvgIpc) is 2.25. The van der Waals surface area contributed by atoms with Gasteiger partial charge in [0.05, 0.1) is 24.6 Å². The molecule has 0 aromatic heterocycles. The zero-order valence-electron chi connectivity index (χ0n) is 9.30. The minimum atomic E-state index is -3.32. The van der Waals surface area contributed by atoms with Crippen LogP contribution in [-0.2, 0) is 10.0 Å². The predicted molar refractivity (Wildman–Crippen MR) is 61.6 cm³/mol. The highest BCUT2D eigenvalue weighted by atomic mass is 32.2. The second kappa shape index (κ2) is 4.52. The standard InChI is InChI=1S/C10H13NO4S/c1-11(16(3,13)14)9-4-5-10(15-2)8(6-9)7-12/h4-7H,1-3H3. The molecule has 0 spiro atoms. The largest absolute Gasteiger partial charge is 0.496 e. The third-order valence-corrected chi connectivity index (χ3v) is 3.41. The molecule has 1 rings (SSSR count). The van der Waals surface area contributed by atoms with Crippen molar-refractivity contribution in [1.29, 1.82) is 0 Å². The van der Waals surface area contributed by atoms with Crippen molar-refractivity contribution in [3.63, 3.8) is 0 Å². The summed E-state index contributed by atoms with van der Waals surface area (Å²) in [6.45, 7) is 0. The molecule has 0 aliphatic rings. The smallest absolute Gasteiger partial charge is 0.231 e. The highest BCUT2D eigenvalue weighted by Gasteiger charge is 2.13. The number of hydrogen-bond acceptors (Lipinski definition) is 4. The van der Waals surface area contributed by atoms with E-state index >= 15 is 0 Å². The Labute approximate surface area is 94.7 Å². The van der Waals surface area contributed by atoms with Crippen molar-refractivity contribution >= 4 is 22.0 Å². The Hall–Kier alpha value is -1.56. The molecule has 0 unspecified atom stereocenters. The highest BCUT2D eigenvalue weighted by molar-refractivity contribution is 7.92. The summed E-state index contributed by atoms with van der Waals surface area (Å²) in [5, 5.41) is 0. The number of hydrogen-bond donors (Lipinski definition) is 0. The van der Waals surface area contributed by atoms with Crippen LogP contribution >= 0.6 is 0 Å². The van der Waals surface area contributed by atoms with Crippen LogP contribution in [0.25, 0.3) is 0 Å². The molecule has 0 radical (unpaired) electrons. The van der Waals surface area contributed by atoms with E-state index in [-0.39, 0.29) is 0 Å². The molecule has 0 saturated carbocycles. The van der Waals surface area contributed by atoms with E-state index in [1.54, 1.807) is 12.1 Å². The zero-order chi connectivity index (χ0) is 12.3. The topological polar surface area (TPSA) is 63.7 Å². The van der Waals surface area contributed by atoms with Gasteiger partial charge in [-0.2, -0.15) is 0 Å².